The highest BCUT2D eigenvalue weighted by molar-refractivity contribution is 5.93. The van der Waals surface area contributed by atoms with Crippen molar-refractivity contribution in [2.75, 3.05) is 0 Å². The van der Waals surface area contributed by atoms with Crippen molar-refractivity contribution >= 4 is 17.2 Å². The summed E-state index contributed by atoms with van der Waals surface area (Å²) in [4.78, 5) is 35.6. The smallest absolute Gasteiger partial charge is 0.273 e. The largest absolute Gasteiger partial charge is 0.298 e. The molecule has 0 aromatic heterocycles. The lowest BCUT2D eigenvalue weighted by Crippen LogP contribution is -2.28. The predicted octanol–water partition coefficient (Wildman–Crippen LogP) is 5.25. The van der Waals surface area contributed by atoms with E-state index in [4.69, 9.17) is 0 Å². The Balaban J connectivity index is 2.64. The minimum absolute atomic E-state index is 0.111. The molecule has 28 heavy (non-hydrogen) atoms. The van der Waals surface area contributed by atoms with E-state index in [1.54, 1.807) is 36.4 Å². The molecule has 0 fully saturated rings. The number of para-hydroxylation sites is 2. The zero-order valence-corrected chi connectivity index (χ0v) is 16.4. The number of nitrogens with zero attached hydrogens (tertiary/aromatic N) is 2. The first-order chi connectivity index (χ1) is 13.2. The van der Waals surface area contributed by atoms with Crippen LogP contribution in [0.2, 0.25) is 0 Å². The van der Waals surface area contributed by atoms with Gasteiger partial charge in [-0.15, -0.1) is 0 Å². The normalized spacial score (nSPS) is 13.4. The summed E-state index contributed by atoms with van der Waals surface area (Å²) in [5.74, 6) is -2.15. The number of carbonyl (C=O) groups is 1. The van der Waals surface area contributed by atoms with Crippen LogP contribution in [-0.2, 0) is 4.79 Å². The van der Waals surface area contributed by atoms with Gasteiger partial charge in [-0.05, 0) is 11.8 Å². The molecule has 2 aromatic rings. The SMILES string of the molecule is CC(C)C(C(=O)C(c1ccccc1[N+](=O)[O-])C(C)C)c1ccccc1[N+](=O)[O-]. The van der Waals surface area contributed by atoms with Gasteiger partial charge < -0.3 is 0 Å². The minimum Gasteiger partial charge on any atom is -0.298 e. The molecule has 0 spiro atoms. The van der Waals surface area contributed by atoms with E-state index in [0.717, 1.165) is 0 Å². The van der Waals surface area contributed by atoms with Gasteiger partial charge in [-0.2, -0.15) is 0 Å². The van der Waals surface area contributed by atoms with Crippen molar-refractivity contribution in [3.8, 4) is 0 Å². The summed E-state index contributed by atoms with van der Waals surface area (Å²) in [5, 5.41) is 23.0. The van der Waals surface area contributed by atoms with Crippen molar-refractivity contribution in [1.29, 1.82) is 0 Å². The van der Waals surface area contributed by atoms with Crippen molar-refractivity contribution in [2.45, 2.75) is 39.5 Å². The molecule has 0 radical (unpaired) electrons. The highest BCUT2D eigenvalue weighted by Crippen LogP contribution is 2.41. The number of nitro benzene ring substituents is 2. The van der Waals surface area contributed by atoms with Crippen LogP contribution in [0.4, 0.5) is 11.4 Å². The van der Waals surface area contributed by atoms with Gasteiger partial charge in [-0.25, -0.2) is 0 Å². The number of carbonyl (C=O) groups excluding carboxylic acids is 1. The molecular weight excluding hydrogens is 360 g/mol. The van der Waals surface area contributed by atoms with Gasteiger partial charge in [0.25, 0.3) is 11.4 Å². The Labute approximate surface area is 163 Å². The lowest BCUT2D eigenvalue weighted by molar-refractivity contribution is -0.385. The van der Waals surface area contributed by atoms with E-state index in [1.807, 2.05) is 27.7 Å². The molecule has 148 valence electrons. The van der Waals surface area contributed by atoms with Crippen LogP contribution in [-0.4, -0.2) is 15.6 Å². The summed E-state index contributed by atoms with van der Waals surface area (Å²) in [6.45, 7) is 7.32. The topological polar surface area (TPSA) is 103 Å². The van der Waals surface area contributed by atoms with Gasteiger partial charge in [0.2, 0.25) is 0 Å². The zero-order valence-electron chi connectivity index (χ0n) is 16.4. The fourth-order valence-corrected chi connectivity index (χ4v) is 3.71. The Morgan fingerprint density at radius 3 is 1.32 bits per heavy atom. The second-order valence-electron chi connectivity index (χ2n) is 7.48. The third-order valence-electron chi connectivity index (χ3n) is 4.88. The van der Waals surface area contributed by atoms with Crippen molar-refractivity contribution in [2.24, 2.45) is 11.8 Å². The summed E-state index contributed by atoms with van der Waals surface area (Å²) >= 11 is 0. The first-order valence-corrected chi connectivity index (χ1v) is 9.17. The Hall–Kier alpha value is -3.09. The average Bonchev–Trinajstić information content (AvgIpc) is 2.62. The van der Waals surface area contributed by atoms with E-state index in [1.165, 1.54) is 12.1 Å². The van der Waals surface area contributed by atoms with Gasteiger partial charge in [0, 0.05) is 23.3 Å². The first-order valence-electron chi connectivity index (χ1n) is 9.17. The Bertz CT molecular complexity index is 820. The second-order valence-corrected chi connectivity index (χ2v) is 7.48. The highest BCUT2D eigenvalue weighted by Gasteiger charge is 2.38. The van der Waals surface area contributed by atoms with Gasteiger partial charge in [0.05, 0.1) is 21.7 Å². The molecule has 2 rings (SSSR count). The molecule has 0 saturated heterocycles. The molecule has 0 heterocycles. The van der Waals surface area contributed by atoms with Crippen LogP contribution < -0.4 is 0 Å². The average molecular weight is 384 g/mol. The van der Waals surface area contributed by atoms with Crippen LogP contribution in [0.25, 0.3) is 0 Å². The summed E-state index contributed by atoms with van der Waals surface area (Å²) < 4.78 is 0. The number of benzene rings is 2. The molecule has 0 bridgehead atoms. The van der Waals surface area contributed by atoms with Gasteiger partial charge in [-0.1, -0.05) is 64.1 Å². The summed E-state index contributed by atoms with van der Waals surface area (Å²) in [6.07, 6.45) is 0. The predicted molar refractivity (Wildman–Crippen MR) is 106 cm³/mol. The molecule has 7 heteroatoms. The molecular formula is C21H24N2O5. The molecule has 2 aromatic carbocycles. The number of hydrogen-bond acceptors (Lipinski definition) is 5. The highest BCUT2D eigenvalue weighted by atomic mass is 16.6. The van der Waals surface area contributed by atoms with E-state index >= 15 is 0 Å². The summed E-state index contributed by atoms with van der Waals surface area (Å²) in [6, 6.07) is 12.4. The summed E-state index contributed by atoms with van der Waals surface area (Å²) in [5.41, 5.74) is 0.465. The van der Waals surface area contributed by atoms with Crippen LogP contribution >= 0.6 is 0 Å². The maximum absolute atomic E-state index is 13.6. The maximum atomic E-state index is 13.6. The first kappa shape index (κ1) is 21.2. The lowest BCUT2D eigenvalue weighted by atomic mass is 9.73. The van der Waals surface area contributed by atoms with Crippen molar-refractivity contribution in [1.82, 2.24) is 0 Å². The molecule has 2 unspecified atom stereocenters. The second kappa shape index (κ2) is 8.73. The van der Waals surface area contributed by atoms with Crippen LogP contribution in [0.1, 0.15) is 50.7 Å². The van der Waals surface area contributed by atoms with Crippen LogP contribution in [0.3, 0.4) is 0 Å². The van der Waals surface area contributed by atoms with Crippen LogP contribution in [0.15, 0.2) is 48.5 Å². The van der Waals surface area contributed by atoms with Gasteiger partial charge in [0.15, 0.2) is 0 Å². The maximum Gasteiger partial charge on any atom is 0.273 e. The Kier molecular flexibility index (Phi) is 6.62. The quantitative estimate of drug-likeness (QED) is 0.456. The summed E-state index contributed by atoms with van der Waals surface area (Å²) in [7, 11) is 0. The number of hydrogen-bond donors (Lipinski definition) is 0. The molecule has 0 N–H and O–H groups in total. The van der Waals surface area contributed by atoms with Crippen molar-refractivity contribution < 1.29 is 14.6 Å². The third kappa shape index (κ3) is 4.24. The van der Waals surface area contributed by atoms with Gasteiger partial charge in [-0.3, -0.25) is 25.0 Å². The van der Waals surface area contributed by atoms with Crippen molar-refractivity contribution in [3.63, 3.8) is 0 Å². The van der Waals surface area contributed by atoms with Gasteiger partial charge >= 0.3 is 0 Å². The fourth-order valence-electron chi connectivity index (χ4n) is 3.71. The minimum atomic E-state index is -0.742. The number of rotatable bonds is 8. The zero-order chi connectivity index (χ0) is 21.0. The van der Waals surface area contributed by atoms with Crippen molar-refractivity contribution in [3.05, 3.63) is 79.9 Å². The van der Waals surface area contributed by atoms with Crippen LogP contribution in [0.5, 0.6) is 0 Å². The molecule has 0 aliphatic heterocycles. The third-order valence-corrected chi connectivity index (χ3v) is 4.88. The molecule has 7 nitrogen and oxygen atoms in total. The fraction of sp³-hybridized carbons (Fsp3) is 0.381. The van der Waals surface area contributed by atoms with E-state index in [-0.39, 0.29) is 29.0 Å². The van der Waals surface area contributed by atoms with E-state index in [9.17, 15) is 25.0 Å². The Morgan fingerprint density at radius 2 is 1.04 bits per heavy atom. The van der Waals surface area contributed by atoms with E-state index < -0.39 is 21.7 Å². The number of nitro groups is 2. The standard InChI is InChI=1S/C21H24N2O5/c1-13(2)19(15-9-5-7-11-17(15)22(25)26)21(24)20(14(3)4)16-10-6-8-12-18(16)23(27)28/h5-14,19-20H,1-4H3. The number of Topliss-reactive ketones (excluding diaryl/α,β-unsaturated/α-hetero) is 1. The van der Waals surface area contributed by atoms with Crippen LogP contribution in [0, 0.1) is 32.1 Å². The molecule has 2 atom stereocenters. The number of ketones is 1. The molecule has 0 aliphatic rings. The van der Waals surface area contributed by atoms with Gasteiger partial charge in [0.1, 0.15) is 5.78 Å². The molecule has 0 saturated carbocycles. The Morgan fingerprint density at radius 1 is 0.714 bits per heavy atom. The van der Waals surface area contributed by atoms with E-state index in [0.29, 0.717) is 11.1 Å². The lowest BCUT2D eigenvalue weighted by Gasteiger charge is -2.27. The monoisotopic (exact) mass is 384 g/mol. The molecule has 0 amide bonds. The molecule has 0 aliphatic carbocycles. The van der Waals surface area contributed by atoms with E-state index in [2.05, 4.69) is 0 Å².